The van der Waals surface area contributed by atoms with Gasteiger partial charge in [-0.15, -0.1) is 0 Å². The molecule has 9 nitrogen and oxygen atoms in total. The number of hydrogen-bond acceptors (Lipinski definition) is 8. The van der Waals surface area contributed by atoms with Crippen LogP contribution in [0.25, 0.3) is 0 Å². The number of ether oxygens (including phenoxy) is 2. The summed E-state index contributed by atoms with van der Waals surface area (Å²) >= 11 is 0. The number of carbonyl (C=O) groups excluding carboxylic acids is 2. The lowest BCUT2D eigenvalue weighted by atomic mass is 10.0. The van der Waals surface area contributed by atoms with Crippen molar-refractivity contribution in [1.29, 1.82) is 0 Å². The van der Waals surface area contributed by atoms with Crippen LogP contribution in [0.4, 0.5) is 0 Å². The van der Waals surface area contributed by atoms with Crippen LogP contribution in [0.2, 0.25) is 0 Å². The van der Waals surface area contributed by atoms with Crippen LogP contribution in [-0.4, -0.2) is 70.0 Å². The van der Waals surface area contributed by atoms with E-state index >= 15 is 0 Å². The predicted octanol–water partition coefficient (Wildman–Crippen LogP) is 14.8. The van der Waals surface area contributed by atoms with Crippen molar-refractivity contribution in [3.63, 3.8) is 0 Å². The van der Waals surface area contributed by atoms with Gasteiger partial charge in [0.05, 0.1) is 27.7 Å². The second kappa shape index (κ2) is 45.1. The minimum Gasteiger partial charge on any atom is -0.756 e. The predicted molar refractivity (Wildman–Crippen MR) is 264 cm³/mol. The molecule has 2 unspecified atom stereocenters. The molecule has 0 bridgehead atoms. The third kappa shape index (κ3) is 49.2. The standard InChI is InChI=1S/C53H98NO8P/c1-6-8-10-12-14-16-18-20-22-23-24-25-26-27-28-29-30-31-32-34-36-38-40-42-44-46-53(56)62-51(50-61-63(57,58)60-48-47-54(3,4)5)49-59-52(55)45-43-41-39-37-35-33-21-19-17-15-13-11-9-7-2/h18-21,23-24,26-27,51H,6-17,22,25,28-50H2,1-5H3/b20-18-,21-19-,24-23-,27-26-. The lowest BCUT2D eigenvalue weighted by molar-refractivity contribution is -0.870. The summed E-state index contributed by atoms with van der Waals surface area (Å²) in [5.74, 6) is -0.845. The Kier molecular flexibility index (Phi) is 43.7. The number of rotatable bonds is 47. The van der Waals surface area contributed by atoms with Gasteiger partial charge in [-0.2, -0.15) is 0 Å². The van der Waals surface area contributed by atoms with E-state index in [0.717, 1.165) is 77.0 Å². The van der Waals surface area contributed by atoms with Crippen molar-refractivity contribution in [2.75, 3.05) is 47.5 Å². The highest BCUT2D eigenvalue weighted by Gasteiger charge is 2.21. The molecule has 0 aromatic heterocycles. The molecule has 0 radical (unpaired) electrons. The normalized spacial score (nSPS) is 13.8. The number of quaternary nitrogens is 1. The molecule has 0 aliphatic rings. The number of unbranched alkanes of at least 4 members (excludes halogenated alkanes) is 25. The number of nitrogens with zero attached hydrogens (tertiary/aromatic N) is 1. The Balaban J connectivity index is 4.22. The van der Waals surface area contributed by atoms with Gasteiger partial charge in [-0.3, -0.25) is 14.2 Å². The molecule has 2 atom stereocenters. The van der Waals surface area contributed by atoms with Gasteiger partial charge in [-0.1, -0.05) is 184 Å². The summed E-state index contributed by atoms with van der Waals surface area (Å²) in [5.41, 5.74) is 0. The Morgan fingerprint density at radius 1 is 0.492 bits per heavy atom. The van der Waals surface area contributed by atoms with Crippen LogP contribution in [-0.2, 0) is 32.7 Å². The van der Waals surface area contributed by atoms with E-state index in [4.69, 9.17) is 18.5 Å². The van der Waals surface area contributed by atoms with Crippen LogP contribution in [0.3, 0.4) is 0 Å². The van der Waals surface area contributed by atoms with Crippen LogP contribution < -0.4 is 4.89 Å². The van der Waals surface area contributed by atoms with Crippen molar-refractivity contribution in [3.8, 4) is 0 Å². The van der Waals surface area contributed by atoms with E-state index in [1.807, 2.05) is 21.1 Å². The lowest BCUT2D eigenvalue weighted by Gasteiger charge is -2.28. The third-order valence-corrected chi connectivity index (χ3v) is 12.0. The minimum absolute atomic E-state index is 0.0337. The van der Waals surface area contributed by atoms with Crippen molar-refractivity contribution < 1.29 is 42.1 Å². The fraction of sp³-hybridized carbons (Fsp3) is 0.811. The van der Waals surface area contributed by atoms with Gasteiger partial charge in [-0.25, -0.2) is 0 Å². The molecule has 0 spiro atoms. The van der Waals surface area contributed by atoms with E-state index in [-0.39, 0.29) is 26.1 Å². The average Bonchev–Trinajstić information content (AvgIpc) is 3.24. The van der Waals surface area contributed by atoms with Gasteiger partial charge in [0.25, 0.3) is 7.82 Å². The van der Waals surface area contributed by atoms with E-state index in [1.165, 1.54) is 116 Å². The lowest BCUT2D eigenvalue weighted by Crippen LogP contribution is -2.37. The van der Waals surface area contributed by atoms with E-state index in [0.29, 0.717) is 17.4 Å². The van der Waals surface area contributed by atoms with Crippen molar-refractivity contribution in [2.45, 2.75) is 232 Å². The molecule has 368 valence electrons. The summed E-state index contributed by atoms with van der Waals surface area (Å²) in [6, 6.07) is 0. The van der Waals surface area contributed by atoms with Crippen LogP contribution >= 0.6 is 7.82 Å². The molecule has 0 aromatic rings. The van der Waals surface area contributed by atoms with Gasteiger partial charge in [0, 0.05) is 12.8 Å². The molecule has 0 aliphatic heterocycles. The van der Waals surface area contributed by atoms with Gasteiger partial charge in [-0.05, 0) is 77.0 Å². The highest BCUT2D eigenvalue weighted by atomic mass is 31.2. The number of likely N-dealkylation sites (N-methyl/N-ethyl adjacent to an activating group) is 1. The Hall–Kier alpha value is -2.03. The number of esters is 2. The van der Waals surface area contributed by atoms with E-state index in [9.17, 15) is 19.0 Å². The van der Waals surface area contributed by atoms with Gasteiger partial charge < -0.3 is 27.9 Å². The van der Waals surface area contributed by atoms with Crippen molar-refractivity contribution >= 4 is 19.8 Å². The third-order valence-electron chi connectivity index (χ3n) is 11.1. The molecule has 0 rings (SSSR count). The maximum atomic E-state index is 12.7. The SMILES string of the molecule is CCCCCCC/C=C\C/C=C\C/C=C\CCCCCCCCCCCCC(=O)OC(COC(=O)CCCCCCC/C=C\CCCCCCC)COP(=O)([O-])OCC[N+](C)(C)C. The summed E-state index contributed by atoms with van der Waals surface area (Å²) in [6.07, 6.45) is 54.3. The second-order valence-electron chi connectivity index (χ2n) is 18.5. The van der Waals surface area contributed by atoms with Gasteiger partial charge >= 0.3 is 11.9 Å². The number of allylic oxidation sites excluding steroid dienone is 8. The van der Waals surface area contributed by atoms with Crippen molar-refractivity contribution in [1.82, 2.24) is 0 Å². The highest BCUT2D eigenvalue weighted by molar-refractivity contribution is 7.45. The molecule has 0 saturated carbocycles. The Morgan fingerprint density at radius 2 is 0.857 bits per heavy atom. The van der Waals surface area contributed by atoms with Crippen LogP contribution in [0.5, 0.6) is 0 Å². The number of phosphoric ester groups is 1. The number of hydrogen-bond donors (Lipinski definition) is 0. The maximum absolute atomic E-state index is 12.7. The van der Waals surface area contributed by atoms with Gasteiger partial charge in [0.15, 0.2) is 6.10 Å². The van der Waals surface area contributed by atoms with E-state index < -0.39 is 32.5 Å². The Labute approximate surface area is 388 Å². The Morgan fingerprint density at radius 3 is 1.29 bits per heavy atom. The van der Waals surface area contributed by atoms with Crippen LogP contribution in [0.1, 0.15) is 226 Å². The fourth-order valence-corrected chi connectivity index (χ4v) is 7.74. The zero-order valence-corrected chi connectivity index (χ0v) is 42.4. The molecule has 0 aliphatic carbocycles. The minimum atomic E-state index is -4.63. The van der Waals surface area contributed by atoms with Crippen LogP contribution in [0, 0.1) is 0 Å². The Bertz CT molecular complexity index is 1210. The molecule has 0 N–H and O–H groups in total. The summed E-state index contributed by atoms with van der Waals surface area (Å²) < 4.78 is 34.0. The largest absolute Gasteiger partial charge is 0.756 e. The van der Waals surface area contributed by atoms with Crippen LogP contribution in [0.15, 0.2) is 48.6 Å². The highest BCUT2D eigenvalue weighted by Crippen LogP contribution is 2.38. The zero-order chi connectivity index (χ0) is 46.4. The maximum Gasteiger partial charge on any atom is 0.306 e. The molecule has 0 aromatic carbocycles. The topological polar surface area (TPSA) is 111 Å². The first kappa shape index (κ1) is 61.0. The van der Waals surface area contributed by atoms with Gasteiger partial charge in [0.1, 0.15) is 19.8 Å². The smallest absolute Gasteiger partial charge is 0.306 e. The molecular weight excluding hydrogens is 810 g/mol. The molecule has 63 heavy (non-hydrogen) atoms. The molecule has 0 amide bonds. The van der Waals surface area contributed by atoms with Gasteiger partial charge in [0.2, 0.25) is 0 Å². The second-order valence-corrected chi connectivity index (χ2v) is 19.9. The summed E-state index contributed by atoms with van der Waals surface area (Å²) in [4.78, 5) is 37.7. The first-order valence-corrected chi connectivity index (χ1v) is 27.3. The monoisotopic (exact) mass is 908 g/mol. The molecule has 0 saturated heterocycles. The summed E-state index contributed by atoms with van der Waals surface area (Å²) in [7, 11) is 1.16. The first-order valence-electron chi connectivity index (χ1n) is 25.8. The average molecular weight is 908 g/mol. The summed E-state index contributed by atoms with van der Waals surface area (Å²) in [5, 5.41) is 0. The van der Waals surface area contributed by atoms with Crippen molar-refractivity contribution in [2.24, 2.45) is 0 Å². The zero-order valence-electron chi connectivity index (χ0n) is 41.5. The molecule has 10 heteroatoms. The fourth-order valence-electron chi connectivity index (χ4n) is 7.01. The van der Waals surface area contributed by atoms with E-state index in [1.54, 1.807) is 0 Å². The summed E-state index contributed by atoms with van der Waals surface area (Å²) in [6.45, 7) is 4.21. The number of carbonyl (C=O) groups is 2. The van der Waals surface area contributed by atoms with E-state index in [2.05, 4.69) is 62.5 Å². The molecule has 0 heterocycles. The molecular formula is C53H98NO8P. The van der Waals surface area contributed by atoms with Crippen molar-refractivity contribution in [3.05, 3.63) is 48.6 Å². The molecule has 0 fully saturated rings. The quantitative estimate of drug-likeness (QED) is 0.0195. The first-order chi connectivity index (χ1) is 30.5. The number of phosphoric acid groups is 1.